The Kier molecular flexibility index (Phi) is 3.61. The van der Waals surface area contributed by atoms with E-state index in [1.807, 2.05) is 6.07 Å². The van der Waals surface area contributed by atoms with Gasteiger partial charge in [0.25, 0.3) is 0 Å². The Bertz CT molecular complexity index is 502. The van der Waals surface area contributed by atoms with Crippen molar-refractivity contribution in [1.82, 2.24) is 4.90 Å². The van der Waals surface area contributed by atoms with Crippen molar-refractivity contribution in [2.75, 3.05) is 30.3 Å². The summed E-state index contributed by atoms with van der Waals surface area (Å²) in [6.45, 7) is 1.78. The van der Waals surface area contributed by atoms with Crippen LogP contribution in [0.2, 0.25) is 5.02 Å². The Morgan fingerprint density at radius 2 is 1.94 bits per heavy atom. The molecule has 94 valence electrons. The van der Waals surface area contributed by atoms with E-state index < -0.39 is 9.84 Å². The molecule has 0 atom stereocenters. The zero-order chi connectivity index (χ0) is 12.5. The summed E-state index contributed by atoms with van der Waals surface area (Å²) in [5.41, 5.74) is 7.51. The van der Waals surface area contributed by atoms with Crippen LogP contribution in [0.1, 0.15) is 5.56 Å². The second-order valence-corrected chi connectivity index (χ2v) is 7.01. The Balaban J connectivity index is 2.05. The van der Waals surface area contributed by atoms with Crippen molar-refractivity contribution in [3.05, 3.63) is 28.8 Å². The highest BCUT2D eigenvalue weighted by Gasteiger charge is 2.21. The number of benzene rings is 1. The minimum atomic E-state index is -2.83. The molecule has 2 N–H and O–H groups in total. The first kappa shape index (κ1) is 12.7. The molecule has 0 bridgehead atoms. The van der Waals surface area contributed by atoms with E-state index >= 15 is 0 Å². The fourth-order valence-corrected chi connectivity index (χ4v) is 3.33. The average molecular weight is 275 g/mol. The fourth-order valence-electron chi connectivity index (χ4n) is 1.86. The van der Waals surface area contributed by atoms with Crippen molar-refractivity contribution in [2.24, 2.45) is 0 Å². The number of rotatable bonds is 2. The van der Waals surface area contributed by atoms with Crippen LogP contribution < -0.4 is 5.73 Å². The number of hydrogen-bond acceptors (Lipinski definition) is 4. The molecule has 0 radical (unpaired) electrons. The molecule has 1 aromatic carbocycles. The van der Waals surface area contributed by atoms with E-state index in [1.54, 1.807) is 12.1 Å². The zero-order valence-electron chi connectivity index (χ0n) is 9.39. The third kappa shape index (κ3) is 3.34. The number of hydrogen-bond donors (Lipinski definition) is 1. The highest BCUT2D eigenvalue weighted by atomic mass is 35.5. The number of halogens is 1. The van der Waals surface area contributed by atoms with Gasteiger partial charge in [0.1, 0.15) is 0 Å². The molecule has 1 heterocycles. The standard InChI is InChI=1S/C11H15ClN2O2S/c12-10-1-2-11(13)9(7-10)8-14-3-5-17(15,16)6-4-14/h1-2,7H,3-6,8,13H2. The van der Waals surface area contributed by atoms with E-state index in [1.165, 1.54) is 0 Å². The topological polar surface area (TPSA) is 63.4 Å². The average Bonchev–Trinajstić information content (AvgIpc) is 2.26. The maximum absolute atomic E-state index is 11.3. The third-order valence-corrected chi connectivity index (χ3v) is 4.78. The van der Waals surface area contributed by atoms with Gasteiger partial charge in [-0.25, -0.2) is 8.42 Å². The highest BCUT2D eigenvalue weighted by molar-refractivity contribution is 7.91. The molecule has 4 nitrogen and oxygen atoms in total. The summed E-state index contributed by atoms with van der Waals surface area (Å²) in [5.74, 6) is 0.459. The molecule has 17 heavy (non-hydrogen) atoms. The van der Waals surface area contributed by atoms with Gasteiger partial charge in [-0.2, -0.15) is 0 Å². The normalized spacial score (nSPS) is 20.3. The molecule has 0 unspecified atom stereocenters. The molecule has 0 amide bonds. The van der Waals surface area contributed by atoms with Crippen LogP contribution in [0.4, 0.5) is 5.69 Å². The van der Waals surface area contributed by atoms with Gasteiger partial charge in [-0.15, -0.1) is 0 Å². The van der Waals surface area contributed by atoms with E-state index in [0.29, 0.717) is 30.3 Å². The largest absolute Gasteiger partial charge is 0.398 e. The van der Waals surface area contributed by atoms with Gasteiger partial charge in [0.05, 0.1) is 11.5 Å². The van der Waals surface area contributed by atoms with Crippen LogP contribution in [0.3, 0.4) is 0 Å². The first-order chi connectivity index (χ1) is 7.96. The lowest BCUT2D eigenvalue weighted by Crippen LogP contribution is -2.39. The summed E-state index contributed by atoms with van der Waals surface area (Å²) in [6, 6.07) is 5.36. The summed E-state index contributed by atoms with van der Waals surface area (Å²) in [4.78, 5) is 2.09. The van der Waals surface area contributed by atoms with Crippen molar-refractivity contribution in [2.45, 2.75) is 6.54 Å². The molecule has 6 heteroatoms. The van der Waals surface area contributed by atoms with Crippen LogP contribution in [-0.2, 0) is 16.4 Å². The Morgan fingerprint density at radius 3 is 2.59 bits per heavy atom. The Morgan fingerprint density at radius 1 is 1.29 bits per heavy atom. The van der Waals surface area contributed by atoms with Gasteiger partial charge in [-0.1, -0.05) is 11.6 Å². The predicted molar refractivity (Wildman–Crippen MR) is 69.8 cm³/mol. The molecular formula is C11H15ClN2O2S. The van der Waals surface area contributed by atoms with Crippen LogP contribution in [0, 0.1) is 0 Å². The number of sulfone groups is 1. The van der Waals surface area contributed by atoms with Gasteiger partial charge >= 0.3 is 0 Å². The fraction of sp³-hybridized carbons (Fsp3) is 0.455. The predicted octanol–water partition coefficient (Wildman–Crippen LogP) is 1.15. The summed E-state index contributed by atoms with van der Waals surface area (Å²) in [7, 11) is -2.83. The molecular weight excluding hydrogens is 260 g/mol. The first-order valence-electron chi connectivity index (χ1n) is 5.43. The van der Waals surface area contributed by atoms with Crippen molar-refractivity contribution in [3.63, 3.8) is 0 Å². The minimum absolute atomic E-state index is 0.230. The first-order valence-corrected chi connectivity index (χ1v) is 7.63. The molecule has 0 saturated carbocycles. The van der Waals surface area contributed by atoms with Gasteiger partial charge in [0, 0.05) is 30.3 Å². The van der Waals surface area contributed by atoms with E-state index in [-0.39, 0.29) is 11.5 Å². The summed E-state index contributed by atoms with van der Waals surface area (Å²) < 4.78 is 22.6. The minimum Gasteiger partial charge on any atom is -0.398 e. The quantitative estimate of drug-likeness (QED) is 0.822. The van der Waals surface area contributed by atoms with Crippen molar-refractivity contribution < 1.29 is 8.42 Å². The molecule has 0 aliphatic carbocycles. The van der Waals surface area contributed by atoms with Crippen molar-refractivity contribution >= 4 is 27.1 Å². The lowest BCUT2D eigenvalue weighted by atomic mass is 10.1. The van der Waals surface area contributed by atoms with Crippen molar-refractivity contribution in [1.29, 1.82) is 0 Å². The number of nitrogens with zero attached hydrogens (tertiary/aromatic N) is 1. The molecule has 0 spiro atoms. The third-order valence-electron chi connectivity index (χ3n) is 2.94. The maximum Gasteiger partial charge on any atom is 0.152 e. The highest BCUT2D eigenvalue weighted by Crippen LogP contribution is 2.20. The SMILES string of the molecule is Nc1ccc(Cl)cc1CN1CCS(=O)(=O)CC1. The van der Waals surface area contributed by atoms with E-state index in [9.17, 15) is 8.42 Å². The van der Waals surface area contributed by atoms with Gasteiger partial charge in [0.15, 0.2) is 9.84 Å². The van der Waals surface area contributed by atoms with Crippen LogP contribution >= 0.6 is 11.6 Å². The molecule has 1 aliphatic rings. The van der Waals surface area contributed by atoms with E-state index in [0.717, 1.165) is 5.56 Å². The maximum atomic E-state index is 11.3. The van der Waals surface area contributed by atoms with Crippen LogP contribution in [0.15, 0.2) is 18.2 Å². The number of nitrogen functional groups attached to an aromatic ring is 1. The molecule has 0 aromatic heterocycles. The molecule has 1 saturated heterocycles. The second kappa shape index (κ2) is 4.84. The smallest absolute Gasteiger partial charge is 0.152 e. The van der Waals surface area contributed by atoms with Gasteiger partial charge in [-0.05, 0) is 23.8 Å². The van der Waals surface area contributed by atoms with Gasteiger partial charge in [0.2, 0.25) is 0 Å². The monoisotopic (exact) mass is 274 g/mol. The molecule has 1 aromatic rings. The summed E-state index contributed by atoms with van der Waals surface area (Å²) in [6.07, 6.45) is 0. The molecule has 2 rings (SSSR count). The lowest BCUT2D eigenvalue weighted by molar-refractivity contribution is 0.288. The molecule has 1 fully saturated rings. The van der Waals surface area contributed by atoms with Crippen LogP contribution in [0.5, 0.6) is 0 Å². The van der Waals surface area contributed by atoms with E-state index in [4.69, 9.17) is 17.3 Å². The lowest BCUT2D eigenvalue weighted by Gasteiger charge is -2.26. The summed E-state index contributed by atoms with van der Waals surface area (Å²) in [5, 5.41) is 0.652. The summed E-state index contributed by atoms with van der Waals surface area (Å²) >= 11 is 5.91. The Hall–Kier alpha value is -0.780. The van der Waals surface area contributed by atoms with Gasteiger partial charge < -0.3 is 5.73 Å². The second-order valence-electron chi connectivity index (χ2n) is 4.27. The van der Waals surface area contributed by atoms with Crippen LogP contribution in [-0.4, -0.2) is 37.9 Å². The van der Waals surface area contributed by atoms with E-state index in [2.05, 4.69) is 4.90 Å². The Labute approximate surface area is 106 Å². The van der Waals surface area contributed by atoms with Crippen LogP contribution in [0.25, 0.3) is 0 Å². The zero-order valence-corrected chi connectivity index (χ0v) is 11.0. The van der Waals surface area contributed by atoms with Crippen molar-refractivity contribution in [3.8, 4) is 0 Å². The number of nitrogens with two attached hydrogens (primary N) is 1. The van der Waals surface area contributed by atoms with Gasteiger partial charge in [-0.3, -0.25) is 4.90 Å². The number of anilines is 1. The molecule has 1 aliphatic heterocycles.